The molecule has 0 nitrogen and oxygen atoms in total. The van der Waals surface area contributed by atoms with Crippen molar-refractivity contribution < 1.29 is 4.39 Å². The van der Waals surface area contributed by atoms with E-state index in [0.717, 1.165) is 18.4 Å². The first-order valence-electron chi connectivity index (χ1n) is 6.72. The number of hydrogen-bond donors (Lipinski definition) is 0. The van der Waals surface area contributed by atoms with Crippen LogP contribution >= 0.6 is 27.5 Å². The van der Waals surface area contributed by atoms with Crippen molar-refractivity contribution >= 4 is 27.5 Å². The van der Waals surface area contributed by atoms with Crippen molar-refractivity contribution in [3.63, 3.8) is 0 Å². The van der Waals surface area contributed by atoms with E-state index in [1.807, 2.05) is 6.07 Å². The van der Waals surface area contributed by atoms with Crippen molar-refractivity contribution in [2.45, 2.75) is 24.6 Å². The number of fused-ring (bicyclic) bond motifs is 1. The summed E-state index contributed by atoms with van der Waals surface area (Å²) in [6, 6.07) is 11.8. The van der Waals surface area contributed by atoms with Crippen LogP contribution in [0, 0.1) is 18.7 Å². The molecule has 0 N–H and O–H groups in total. The molecule has 1 aliphatic carbocycles. The Morgan fingerprint density at radius 2 is 1.80 bits per heavy atom. The number of aryl methyl sites for hydroxylation is 1. The van der Waals surface area contributed by atoms with Gasteiger partial charge in [0.25, 0.3) is 0 Å². The molecule has 2 aromatic rings. The van der Waals surface area contributed by atoms with Gasteiger partial charge in [0.2, 0.25) is 0 Å². The van der Waals surface area contributed by atoms with Crippen LogP contribution in [0.1, 0.15) is 27.1 Å². The topological polar surface area (TPSA) is 0 Å². The maximum Gasteiger partial charge on any atom is 0.127 e. The SMILES string of the molecule is Cc1cc(C(Br)C2Cc3ccccc3C2)c(Cl)cc1F. The summed E-state index contributed by atoms with van der Waals surface area (Å²) in [5, 5.41) is 0.505. The Balaban J connectivity index is 1.88. The van der Waals surface area contributed by atoms with Gasteiger partial charge in [-0.2, -0.15) is 0 Å². The fraction of sp³-hybridized carbons (Fsp3) is 0.294. The summed E-state index contributed by atoms with van der Waals surface area (Å²) in [4.78, 5) is 0.154. The minimum Gasteiger partial charge on any atom is -0.207 e. The molecule has 0 fully saturated rings. The molecular formula is C17H15BrClF. The van der Waals surface area contributed by atoms with Crippen molar-refractivity contribution in [2.24, 2.45) is 5.92 Å². The highest BCUT2D eigenvalue weighted by molar-refractivity contribution is 9.09. The maximum atomic E-state index is 13.5. The molecule has 3 rings (SSSR count). The normalized spacial score (nSPS) is 16.2. The number of benzene rings is 2. The molecule has 0 radical (unpaired) electrons. The van der Waals surface area contributed by atoms with Gasteiger partial charge < -0.3 is 0 Å². The van der Waals surface area contributed by atoms with Crippen molar-refractivity contribution in [3.8, 4) is 0 Å². The molecule has 0 aromatic heterocycles. The fourth-order valence-corrected chi connectivity index (χ4v) is 4.10. The molecule has 0 heterocycles. The first-order valence-corrected chi connectivity index (χ1v) is 8.02. The van der Waals surface area contributed by atoms with E-state index in [9.17, 15) is 4.39 Å². The molecule has 0 spiro atoms. The van der Waals surface area contributed by atoms with E-state index in [4.69, 9.17) is 11.6 Å². The molecule has 0 bridgehead atoms. The Hall–Kier alpha value is -0.860. The lowest BCUT2D eigenvalue weighted by Gasteiger charge is -2.19. The van der Waals surface area contributed by atoms with Gasteiger partial charge in [-0.25, -0.2) is 4.39 Å². The van der Waals surface area contributed by atoms with Gasteiger partial charge in [-0.3, -0.25) is 0 Å². The Morgan fingerprint density at radius 1 is 1.20 bits per heavy atom. The van der Waals surface area contributed by atoms with Crippen LogP contribution in [-0.2, 0) is 12.8 Å². The van der Waals surface area contributed by atoms with Crippen LogP contribution in [0.15, 0.2) is 36.4 Å². The lowest BCUT2D eigenvalue weighted by molar-refractivity contribution is 0.552. The summed E-state index contributed by atoms with van der Waals surface area (Å²) in [6.07, 6.45) is 2.08. The molecule has 104 valence electrons. The highest BCUT2D eigenvalue weighted by Gasteiger charge is 2.29. The summed E-state index contributed by atoms with van der Waals surface area (Å²) in [5.41, 5.74) is 4.46. The van der Waals surface area contributed by atoms with E-state index >= 15 is 0 Å². The van der Waals surface area contributed by atoms with E-state index in [-0.39, 0.29) is 10.6 Å². The third-order valence-corrected chi connectivity index (χ3v) is 5.64. The number of hydrogen-bond acceptors (Lipinski definition) is 0. The van der Waals surface area contributed by atoms with E-state index in [1.165, 1.54) is 17.2 Å². The number of rotatable bonds is 2. The second kappa shape index (κ2) is 5.50. The van der Waals surface area contributed by atoms with E-state index in [0.29, 0.717) is 16.5 Å². The van der Waals surface area contributed by atoms with Crippen LogP contribution in [0.4, 0.5) is 4.39 Å². The largest absolute Gasteiger partial charge is 0.207 e. The van der Waals surface area contributed by atoms with Gasteiger partial charge >= 0.3 is 0 Å². The van der Waals surface area contributed by atoms with Crippen molar-refractivity contribution in [1.82, 2.24) is 0 Å². The summed E-state index contributed by atoms with van der Waals surface area (Å²) in [7, 11) is 0. The molecule has 1 atom stereocenters. The predicted octanol–water partition coefficient (Wildman–Crippen LogP) is 5.64. The molecule has 0 aliphatic heterocycles. The van der Waals surface area contributed by atoms with E-state index in [1.54, 1.807) is 6.92 Å². The highest BCUT2D eigenvalue weighted by Crippen LogP contribution is 2.43. The van der Waals surface area contributed by atoms with Gasteiger partial charge in [-0.05, 0) is 54.0 Å². The summed E-state index contributed by atoms with van der Waals surface area (Å²) < 4.78 is 13.5. The van der Waals surface area contributed by atoms with Crippen LogP contribution in [0.2, 0.25) is 5.02 Å². The van der Waals surface area contributed by atoms with Gasteiger partial charge in [0, 0.05) is 9.85 Å². The van der Waals surface area contributed by atoms with Crippen molar-refractivity contribution in [3.05, 3.63) is 69.5 Å². The Bertz CT molecular complexity index is 628. The van der Waals surface area contributed by atoms with Gasteiger partial charge in [0.05, 0.1) is 0 Å². The number of alkyl halides is 1. The average molecular weight is 354 g/mol. The van der Waals surface area contributed by atoms with Gasteiger partial charge in [-0.1, -0.05) is 57.9 Å². The van der Waals surface area contributed by atoms with Crippen molar-refractivity contribution in [1.29, 1.82) is 0 Å². The van der Waals surface area contributed by atoms with Crippen molar-refractivity contribution in [2.75, 3.05) is 0 Å². The molecule has 0 amide bonds. The smallest absolute Gasteiger partial charge is 0.127 e. The molecule has 2 aromatic carbocycles. The van der Waals surface area contributed by atoms with Gasteiger partial charge in [-0.15, -0.1) is 0 Å². The van der Waals surface area contributed by atoms with Crippen LogP contribution < -0.4 is 0 Å². The zero-order valence-corrected chi connectivity index (χ0v) is 13.5. The molecule has 0 saturated carbocycles. The van der Waals surface area contributed by atoms with Crippen LogP contribution in [-0.4, -0.2) is 0 Å². The third-order valence-electron chi connectivity index (χ3n) is 4.07. The summed E-state index contributed by atoms with van der Waals surface area (Å²) >= 11 is 9.99. The number of halogens is 3. The standard InChI is InChI=1S/C17H15BrClF/c1-10-6-14(15(19)9-16(10)20)17(18)13-7-11-4-2-3-5-12(11)8-13/h2-6,9,13,17H,7-8H2,1H3. The zero-order chi connectivity index (χ0) is 14.3. The monoisotopic (exact) mass is 352 g/mol. The molecule has 1 unspecified atom stereocenters. The minimum absolute atomic E-state index is 0.154. The van der Waals surface area contributed by atoms with Crippen LogP contribution in [0.5, 0.6) is 0 Å². The Kier molecular flexibility index (Phi) is 3.87. The summed E-state index contributed by atoms with van der Waals surface area (Å²) in [5.74, 6) is 0.225. The predicted molar refractivity (Wildman–Crippen MR) is 85.2 cm³/mol. The molecular weight excluding hydrogens is 339 g/mol. The van der Waals surface area contributed by atoms with E-state index < -0.39 is 0 Å². The second-order valence-corrected chi connectivity index (χ2v) is 6.86. The Morgan fingerprint density at radius 3 is 2.40 bits per heavy atom. The highest BCUT2D eigenvalue weighted by atomic mass is 79.9. The average Bonchev–Trinajstić information content (AvgIpc) is 2.86. The third kappa shape index (κ3) is 2.51. The minimum atomic E-state index is -0.242. The first kappa shape index (κ1) is 14.1. The first-order chi connectivity index (χ1) is 9.56. The zero-order valence-electron chi connectivity index (χ0n) is 11.2. The lowest BCUT2D eigenvalue weighted by Crippen LogP contribution is -2.09. The van der Waals surface area contributed by atoms with Crippen LogP contribution in [0.25, 0.3) is 0 Å². The second-order valence-electron chi connectivity index (χ2n) is 5.46. The van der Waals surface area contributed by atoms with Gasteiger partial charge in [0.15, 0.2) is 0 Å². The fourth-order valence-electron chi connectivity index (χ4n) is 2.94. The Labute approximate surface area is 132 Å². The quantitative estimate of drug-likeness (QED) is 0.613. The summed E-state index contributed by atoms with van der Waals surface area (Å²) in [6.45, 7) is 1.78. The van der Waals surface area contributed by atoms with E-state index in [2.05, 4.69) is 40.2 Å². The maximum absolute atomic E-state index is 13.5. The molecule has 3 heteroatoms. The molecule has 20 heavy (non-hydrogen) atoms. The molecule has 1 aliphatic rings. The lowest BCUT2D eigenvalue weighted by atomic mass is 9.95. The van der Waals surface area contributed by atoms with Gasteiger partial charge in [0.1, 0.15) is 5.82 Å². The molecule has 0 saturated heterocycles. The van der Waals surface area contributed by atoms with Crippen LogP contribution in [0.3, 0.4) is 0 Å².